The molecule has 1 unspecified atom stereocenters. The highest BCUT2D eigenvalue weighted by Gasteiger charge is 2.17. The van der Waals surface area contributed by atoms with Crippen LogP contribution in [0.25, 0.3) is 0 Å². The van der Waals surface area contributed by atoms with Gasteiger partial charge in [-0.05, 0) is 38.4 Å². The Balaban J connectivity index is 0.000000257. The maximum absolute atomic E-state index is 12.4. The number of ketones is 2. The highest BCUT2D eigenvalue weighted by atomic mass is 16.5. The quantitative estimate of drug-likeness (QED) is 0.0803. The summed E-state index contributed by atoms with van der Waals surface area (Å²) in [6.07, 6.45) is 0.628. The molecule has 4 rings (SSSR count). The lowest BCUT2D eigenvalue weighted by Gasteiger charge is -2.29. The Morgan fingerprint density at radius 3 is 1.70 bits per heavy atom. The van der Waals surface area contributed by atoms with Crippen LogP contribution in [0.3, 0.4) is 0 Å². The molecule has 246 valence electrons. The monoisotopic (exact) mass is 637 g/mol. The van der Waals surface area contributed by atoms with E-state index < -0.39 is 12.1 Å². The van der Waals surface area contributed by atoms with Crippen molar-refractivity contribution in [2.75, 3.05) is 54.5 Å². The first-order chi connectivity index (χ1) is 22.5. The van der Waals surface area contributed by atoms with Crippen molar-refractivity contribution < 1.29 is 33.4 Å². The minimum absolute atomic E-state index is 0.0141. The van der Waals surface area contributed by atoms with Gasteiger partial charge in [0.2, 0.25) is 0 Å². The van der Waals surface area contributed by atoms with E-state index in [1.165, 1.54) is 6.08 Å². The highest BCUT2D eigenvalue weighted by molar-refractivity contribution is 6.09. The maximum Gasteiger partial charge on any atom is 0.330 e. The summed E-state index contributed by atoms with van der Waals surface area (Å²) in [6, 6.07) is 33.1. The number of carbonyl (C=O) groups is 3. The van der Waals surface area contributed by atoms with Crippen molar-refractivity contribution >= 4 is 17.5 Å². The number of hydrogen-bond donors (Lipinski definition) is 1. The summed E-state index contributed by atoms with van der Waals surface area (Å²) in [7, 11) is 7.94. The van der Waals surface area contributed by atoms with E-state index >= 15 is 0 Å². The second kappa shape index (κ2) is 18.3. The van der Waals surface area contributed by atoms with E-state index in [1.807, 2.05) is 91.8 Å². The summed E-state index contributed by atoms with van der Waals surface area (Å²) >= 11 is 0. The van der Waals surface area contributed by atoms with Gasteiger partial charge in [-0.25, -0.2) is 4.79 Å². The van der Waals surface area contributed by atoms with Gasteiger partial charge in [-0.3, -0.25) is 9.59 Å². The van der Waals surface area contributed by atoms with Crippen LogP contribution >= 0.6 is 0 Å². The Morgan fingerprint density at radius 2 is 1.23 bits per heavy atom. The second-order valence-electron chi connectivity index (χ2n) is 12.0. The summed E-state index contributed by atoms with van der Waals surface area (Å²) in [6.45, 7) is 5.98. The molecule has 1 N–H and O–H groups in total. The first-order valence-corrected chi connectivity index (χ1v) is 15.4. The zero-order valence-corrected chi connectivity index (χ0v) is 27.7. The highest BCUT2D eigenvalue weighted by Crippen LogP contribution is 2.16. The Labute approximate surface area is 278 Å². The van der Waals surface area contributed by atoms with E-state index in [2.05, 4.69) is 20.7 Å². The number of nitrogens with zero attached hydrogens (tertiary/aromatic N) is 2. The van der Waals surface area contributed by atoms with Gasteiger partial charge in [-0.1, -0.05) is 91.5 Å². The number of aliphatic hydroxyl groups is 1. The van der Waals surface area contributed by atoms with Gasteiger partial charge in [0.15, 0.2) is 11.6 Å². The standard InChI is InChI=1S/C21H24NO3.C18H21NO3/c1-4-20(23)25-15-14-22(2,3)16-17-10-12-19(13-11-17)21(24)18-8-6-5-7-9-18;1-19(2)12-16(20)13-22-17-10-8-15(9-11-17)18(21)14-6-4-3-5-7-14/h4-13H,1,14-16H2,2-3H3;3-11,16,20H,12-13H2,1-2H3/q+1;. The fourth-order valence-corrected chi connectivity index (χ4v) is 4.67. The summed E-state index contributed by atoms with van der Waals surface area (Å²) in [5.74, 6) is 0.253. The molecule has 0 spiro atoms. The summed E-state index contributed by atoms with van der Waals surface area (Å²) in [5.41, 5.74) is 3.78. The number of hydrogen-bond acceptors (Lipinski definition) is 7. The molecule has 0 fully saturated rings. The zero-order chi connectivity index (χ0) is 34.2. The van der Waals surface area contributed by atoms with E-state index in [4.69, 9.17) is 9.47 Å². The molecule has 4 aromatic carbocycles. The van der Waals surface area contributed by atoms with Gasteiger partial charge in [-0.2, -0.15) is 0 Å². The Morgan fingerprint density at radius 1 is 0.766 bits per heavy atom. The minimum Gasteiger partial charge on any atom is -0.491 e. The normalized spacial score (nSPS) is 11.5. The van der Waals surface area contributed by atoms with E-state index in [1.54, 1.807) is 36.4 Å². The summed E-state index contributed by atoms with van der Waals surface area (Å²) in [5, 5.41) is 9.75. The molecule has 47 heavy (non-hydrogen) atoms. The van der Waals surface area contributed by atoms with Gasteiger partial charge in [0, 0.05) is 40.4 Å². The maximum atomic E-state index is 12.4. The van der Waals surface area contributed by atoms with Crippen molar-refractivity contribution in [3.05, 3.63) is 150 Å². The van der Waals surface area contributed by atoms with Crippen LogP contribution in [0, 0.1) is 0 Å². The molecule has 0 aliphatic carbocycles. The number of quaternary nitrogens is 1. The molecule has 4 aromatic rings. The van der Waals surface area contributed by atoms with E-state index in [-0.39, 0.29) is 18.2 Å². The van der Waals surface area contributed by atoms with Crippen LogP contribution in [0.2, 0.25) is 0 Å². The molecule has 0 heterocycles. The van der Waals surface area contributed by atoms with E-state index in [0.29, 0.717) is 52.2 Å². The van der Waals surface area contributed by atoms with Crippen LogP contribution in [-0.4, -0.2) is 92.6 Å². The lowest BCUT2D eigenvalue weighted by atomic mass is 10.0. The van der Waals surface area contributed by atoms with Gasteiger partial charge >= 0.3 is 5.97 Å². The average Bonchev–Trinajstić information content (AvgIpc) is 3.07. The van der Waals surface area contributed by atoms with Crippen molar-refractivity contribution in [2.24, 2.45) is 0 Å². The third kappa shape index (κ3) is 12.8. The fraction of sp³-hybridized carbons (Fsp3) is 0.256. The van der Waals surface area contributed by atoms with Gasteiger partial charge in [-0.15, -0.1) is 0 Å². The third-order valence-corrected chi connectivity index (χ3v) is 7.14. The minimum atomic E-state index is -0.541. The molecule has 0 amide bonds. The van der Waals surface area contributed by atoms with Crippen LogP contribution in [0.15, 0.2) is 122 Å². The Bertz CT molecular complexity index is 1570. The van der Waals surface area contributed by atoms with Gasteiger partial charge < -0.3 is 24.0 Å². The number of esters is 1. The number of likely N-dealkylation sites (N-methyl/N-ethyl adjacent to an activating group) is 2. The van der Waals surface area contributed by atoms with Crippen molar-refractivity contribution in [3.8, 4) is 5.75 Å². The number of benzene rings is 4. The SMILES string of the molecule is C=CC(=O)OCC[N+](C)(C)Cc1ccc(C(=O)c2ccccc2)cc1.CN(C)CC(O)COc1ccc(C(=O)c2ccccc2)cc1. The fourth-order valence-electron chi connectivity index (χ4n) is 4.67. The topological polar surface area (TPSA) is 93.1 Å². The smallest absolute Gasteiger partial charge is 0.330 e. The number of carbonyl (C=O) groups excluding carboxylic acids is 3. The van der Waals surface area contributed by atoms with Crippen LogP contribution in [0.4, 0.5) is 0 Å². The number of rotatable bonds is 15. The van der Waals surface area contributed by atoms with Crippen LogP contribution in [0.1, 0.15) is 37.4 Å². The van der Waals surface area contributed by atoms with Gasteiger partial charge in [0.05, 0.1) is 14.1 Å². The van der Waals surface area contributed by atoms with E-state index in [0.717, 1.165) is 12.1 Å². The summed E-state index contributed by atoms with van der Waals surface area (Å²) in [4.78, 5) is 37.7. The van der Waals surface area contributed by atoms with Crippen LogP contribution in [0.5, 0.6) is 5.75 Å². The van der Waals surface area contributed by atoms with Crippen molar-refractivity contribution in [1.82, 2.24) is 4.90 Å². The van der Waals surface area contributed by atoms with Crippen molar-refractivity contribution in [3.63, 3.8) is 0 Å². The molecule has 0 aromatic heterocycles. The molecule has 0 bridgehead atoms. The van der Waals surface area contributed by atoms with Gasteiger partial charge in [0.25, 0.3) is 0 Å². The third-order valence-electron chi connectivity index (χ3n) is 7.14. The molecule has 1 atom stereocenters. The number of ether oxygens (including phenoxy) is 2. The molecule has 8 nitrogen and oxygen atoms in total. The Hall–Kier alpha value is -4.89. The van der Waals surface area contributed by atoms with Crippen molar-refractivity contribution in [2.45, 2.75) is 12.6 Å². The van der Waals surface area contributed by atoms with Crippen LogP contribution in [-0.2, 0) is 16.1 Å². The van der Waals surface area contributed by atoms with Crippen LogP contribution < -0.4 is 4.74 Å². The van der Waals surface area contributed by atoms with Gasteiger partial charge in [0.1, 0.15) is 38.2 Å². The predicted octanol–water partition coefficient (Wildman–Crippen LogP) is 5.44. The summed E-state index contributed by atoms with van der Waals surface area (Å²) < 4.78 is 11.2. The zero-order valence-electron chi connectivity index (χ0n) is 27.7. The lowest BCUT2D eigenvalue weighted by Crippen LogP contribution is -2.41. The first-order valence-electron chi connectivity index (χ1n) is 15.4. The molecule has 0 saturated heterocycles. The molecule has 0 saturated carbocycles. The van der Waals surface area contributed by atoms with E-state index in [9.17, 15) is 19.5 Å². The molecular weight excluding hydrogens is 592 g/mol. The second-order valence-corrected chi connectivity index (χ2v) is 12.0. The number of aliphatic hydroxyl groups excluding tert-OH is 1. The van der Waals surface area contributed by atoms with Crippen molar-refractivity contribution in [1.29, 1.82) is 0 Å². The Kier molecular flexibility index (Phi) is 14.2. The molecule has 0 aliphatic rings. The largest absolute Gasteiger partial charge is 0.491 e. The predicted molar refractivity (Wildman–Crippen MR) is 185 cm³/mol. The first kappa shape index (κ1) is 36.6. The molecule has 0 aliphatic heterocycles. The lowest BCUT2D eigenvalue weighted by molar-refractivity contribution is -0.903. The average molecular weight is 638 g/mol. The molecule has 8 heteroatoms. The molecular formula is C39H45N2O6+. The molecule has 0 radical (unpaired) electrons.